The lowest BCUT2D eigenvalue weighted by Gasteiger charge is -2.24. The third kappa shape index (κ3) is 3.07. The zero-order valence-electron chi connectivity index (χ0n) is 15.8. The first-order valence-electron chi connectivity index (χ1n) is 9.14. The maximum atomic E-state index is 13.5. The molecule has 4 rings (SSSR count). The van der Waals surface area contributed by atoms with Gasteiger partial charge in [-0.2, -0.15) is 5.10 Å². The minimum atomic E-state index is -0.0238. The number of hydrogen-bond acceptors (Lipinski definition) is 4. The number of amides is 1. The molecule has 0 saturated heterocycles. The number of carbonyl (C=O) groups is 1. The monoisotopic (exact) mass is 361 g/mol. The van der Waals surface area contributed by atoms with Crippen LogP contribution in [0.15, 0.2) is 54.9 Å². The van der Waals surface area contributed by atoms with Gasteiger partial charge in [-0.1, -0.05) is 25.1 Å². The molecule has 1 aliphatic rings. The van der Waals surface area contributed by atoms with Crippen LogP contribution in [0.4, 0.5) is 11.4 Å². The number of rotatable bonds is 2. The summed E-state index contributed by atoms with van der Waals surface area (Å²) in [7, 11) is 2.08. The molecular formula is C21H23N5O. The van der Waals surface area contributed by atoms with Crippen LogP contribution in [-0.4, -0.2) is 40.8 Å². The molecule has 1 amide bonds. The van der Waals surface area contributed by atoms with Crippen LogP contribution in [0.1, 0.15) is 23.0 Å². The second kappa shape index (κ2) is 6.87. The largest absolute Gasteiger partial charge is 0.373 e. The first-order chi connectivity index (χ1) is 13.1. The van der Waals surface area contributed by atoms with Crippen molar-refractivity contribution in [1.82, 2.24) is 14.8 Å². The highest BCUT2D eigenvalue weighted by Crippen LogP contribution is 2.33. The van der Waals surface area contributed by atoms with Crippen LogP contribution in [-0.2, 0) is 0 Å². The second-order valence-electron chi connectivity index (χ2n) is 7.13. The minimum absolute atomic E-state index is 0.0238. The predicted octanol–water partition coefficient (Wildman–Crippen LogP) is 3.31. The summed E-state index contributed by atoms with van der Waals surface area (Å²) in [5, 5.41) is 4.41. The van der Waals surface area contributed by atoms with E-state index in [9.17, 15) is 4.79 Å². The summed E-state index contributed by atoms with van der Waals surface area (Å²) >= 11 is 0. The average Bonchev–Trinajstić information content (AvgIpc) is 3.01. The fraction of sp³-hybridized carbons (Fsp3) is 0.286. The first kappa shape index (κ1) is 17.3. The Bertz CT molecular complexity index is 966. The zero-order valence-corrected chi connectivity index (χ0v) is 15.8. The molecule has 0 bridgehead atoms. The van der Waals surface area contributed by atoms with Crippen molar-refractivity contribution in [3.05, 3.63) is 66.1 Å². The average molecular weight is 361 g/mol. The Morgan fingerprint density at radius 3 is 2.56 bits per heavy atom. The van der Waals surface area contributed by atoms with Gasteiger partial charge < -0.3 is 9.80 Å². The lowest BCUT2D eigenvalue weighted by molar-refractivity contribution is 0.0983. The molecule has 6 heteroatoms. The van der Waals surface area contributed by atoms with E-state index >= 15 is 0 Å². The SMILES string of the molecule is Cc1c(C(=O)N2CC(C)CN(C)c3ccccc32)cnn1-c1ccccn1. The van der Waals surface area contributed by atoms with Gasteiger partial charge in [-0.15, -0.1) is 0 Å². The zero-order chi connectivity index (χ0) is 19.0. The molecule has 0 saturated carbocycles. The van der Waals surface area contributed by atoms with Crippen molar-refractivity contribution in [2.75, 3.05) is 29.9 Å². The quantitative estimate of drug-likeness (QED) is 0.703. The van der Waals surface area contributed by atoms with Crippen molar-refractivity contribution in [1.29, 1.82) is 0 Å². The molecule has 3 heterocycles. The van der Waals surface area contributed by atoms with Crippen LogP contribution in [0.5, 0.6) is 0 Å². The van der Waals surface area contributed by atoms with Crippen LogP contribution in [0, 0.1) is 12.8 Å². The van der Waals surface area contributed by atoms with E-state index in [0.717, 1.165) is 23.6 Å². The van der Waals surface area contributed by atoms with Crippen LogP contribution >= 0.6 is 0 Å². The van der Waals surface area contributed by atoms with Gasteiger partial charge in [0.25, 0.3) is 5.91 Å². The number of para-hydroxylation sites is 2. The first-order valence-corrected chi connectivity index (χ1v) is 9.14. The molecular weight excluding hydrogens is 338 g/mol. The molecule has 1 atom stereocenters. The molecule has 0 aliphatic carbocycles. The molecule has 27 heavy (non-hydrogen) atoms. The van der Waals surface area contributed by atoms with E-state index in [1.54, 1.807) is 17.1 Å². The molecule has 1 unspecified atom stereocenters. The Labute approximate surface area is 159 Å². The third-order valence-corrected chi connectivity index (χ3v) is 5.02. The maximum Gasteiger partial charge on any atom is 0.261 e. The summed E-state index contributed by atoms with van der Waals surface area (Å²) in [6, 6.07) is 13.7. The van der Waals surface area contributed by atoms with Crippen LogP contribution in [0.2, 0.25) is 0 Å². The van der Waals surface area contributed by atoms with Gasteiger partial charge in [0.2, 0.25) is 0 Å². The van der Waals surface area contributed by atoms with E-state index in [1.807, 2.05) is 48.2 Å². The molecule has 138 valence electrons. The number of fused-ring (bicyclic) bond motifs is 1. The second-order valence-corrected chi connectivity index (χ2v) is 7.13. The summed E-state index contributed by atoms with van der Waals surface area (Å²) < 4.78 is 1.71. The van der Waals surface area contributed by atoms with Crippen molar-refractivity contribution < 1.29 is 4.79 Å². The van der Waals surface area contributed by atoms with Crippen LogP contribution in [0.25, 0.3) is 5.82 Å². The number of pyridine rings is 1. The van der Waals surface area contributed by atoms with Crippen molar-refractivity contribution >= 4 is 17.3 Å². The Balaban J connectivity index is 1.75. The Kier molecular flexibility index (Phi) is 4.39. The summed E-state index contributed by atoms with van der Waals surface area (Å²) in [5.41, 5.74) is 3.41. The Morgan fingerprint density at radius 2 is 1.81 bits per heavy atom. The van der Waals surface area contributed by atoms with Crippen LogP contribution < -0.4 is 9.80 Å². The van der Waals surface area contributed by atoms with E-state index in [0.29, 0.717) is 23.8 Å². The van der Waals surface area contributed by atoms with Crippen molar-refractivity contribution in [3.8, 4) is 5.82 Å². The highest BCUT2D eigenvalue weighted by molar-refractivity contribution is 6.08. The number of carbonyl (C=O) groups excluding carboxylic acids is 1. The lowest BCUT2D eigenvalue weighted by Crippen LogP contribution is -2.35. The maximum absolute atomic E-state index is 13.5. The van der Waals surface area contributed by atoms with Gasteiger partial charge in [0.15, 0.2) is 5.82 Å². The van der Waals surface area contributed by atoms with E-state index in [-0.39, 0.29) is 5.91 Å². The Morgan fingerprint density at radius 1 is 1.07 bits per heavy atom. The normalized spacial score (nSPS) is 16.8. The highest BCUT2D eigenvalue weighted by atomic mass is 16.2. The third-order valence-electron chi connectivity index (χ3n) is 5.02. The van der Waals surface area contributed by atoms with Gasteiger partial charge in [0, 0.05) is 26.3 Å². The standard InChI is InChI=1S/C21H23N5O/c1-15-13-24(3)18-8-4-5-9-19(18)25(14-15)21(27)17-12-23-26(16(17)2)20-10-6-7-11-22-20/h4-12,15H,13-14H2,1-3H3. The molecule has 3 aromatic rings. The van der Waals surface area contributed by atoms with E-state index in [1.165, 1.54) is 0 Å². The van der Waals surface area contributed by atoms with E-state index < -0.39 is 0 Å². The molecule has 0 radical (unpaired) electrons. The van der Waals surface area contributed by atoms with Crippen LogP contribution in [0.3, 0.4) is 0 Å². The predicted molar refractivity (Wildman–Crippen MR) is 107 cm³/mol. The van der Waals surface area contributed by atoms with E-state index in [4.69, 9.17) is 0 Å². The fourth-order valence-electron chi connectivity index (χ4n) is 3.72. The number of aromatic nitrogens is 3. The van der Waals surface area contributed by atoms with E-state index in [2.05, 4.69) is 35.0 Å². The number of nitrogens with zero attached hydrogens (tertiary/aromatic N) is 5. The molecule has 6 nitrogen and oxygen atoms in total. The van der Waals surface area contributed by atoms with Crippen molar-refractivity contribution in [3.63, 3.8) is 0 Å². The molecule has 1 aliphatic heterocycles. The minimum Gasteiger partial charge on any atom is -0.373 e. The van der Waals surface area contributed by atoms with Crippen molar-refractivity contribution in [2.45, 2.75) is 13.8 Å². The van der Waals surface area contributed by atoms with Gasteiger partial charge in [0.05, 0.1) is 28.8 Å². The summed E-state index contributed by atoms with van der Waals surface area (Å²) in [6.07, 6.45) is 3.37. The van der Waals surface area contributed by atoms with Gasteiger partial charge in [-0.3, -0.25) is 4.79 Å². The molecule has 2 aromatic heterocycles. The number of benzene rings is 1. The highest BCUT2D eigenvalue weighted by Gasteiger charge is 2.29. The van der Waals surface area contributed by atoms with Crippen molar-refractivity contribution in [2.24, 2.45) is 5.92 Å². The Hall–Kier alpha value is -3.15. The van der Waals surface area contributed by atoms with Gasteiger partial charge in [0.1, 0.15) is 0 Å². The van der Waals surface area contributed by atoms with Gasteiger partial charge in [-0.25, -0.2) is 9.67 Å². The molecule has 1 aromatic carbocycles. The van der Waals surface area contributed by atoms with Gasteiger partial charge >= 0.3 is 0 Å². The summed E-state index contributed by atoms with van der Waals surface area (Å²) in [4.78, 5) is 21.9. The molecule has 0 N–H and O–H groups in total. The fourth-order valence-corrected chi connectivity index (χ4v) is 3.72. The summed E-state index contributed by atoms with van der Waals surface area (Å²) in [5.74, 6) is 1.04. The number of hydrogen-bond donors (Lipinski definition) is 0. The smallest absolute Gasteiger partial charge is 0.261 e. The molecule has 0 fully saturated rings. The summed E-state index contributed by atoms with van der Waals surface area (Å²) in [6.45, 7) is 5.67. The number of anilines is 2. The topological polar surface area (TPSA) is 54.3 Å². The molecule has 0 spiro atoms. The lowest BCUT2D eigenvalue weighted by atomic mass is 10.1. The van der Waals surface area contributed by atoms with Gasteiger partial charge in [-0.05, 0) is 37.1 Å².